The molecular weight excluding hydrogens is 226 g/mol. The summed E-state index contributed by atoms with van der Waals surface area (Å²) in [4.78, 5) is 10.8. The summed E-state index contributed by atoms with van der Waals surface area (Å²) < 4.78 is 0. The summed E-state index contributed by atoms with van der Waals surface area (Å²) in [6, 6.07) is 5.56. The zero-order valence-corrected chi connectivity index (χ0v) is 10.1. The maximum absolute atomic E-state index is 8.43. The second-order valence-electron chi connectivity index (χ2n) is 4.85. The molecule has 1 fully saturated rings. The third-order valence-corrected chi connectivity index (χ3v) is 3.64. The lowest BCUT2D eigenvalue weighted by molar-refractivity contribution is 0.431. The molecule has 18 heavy (non-hydrogen) atoms. The van der Waals surface area contributed by atoms with Crippen molar-refractivity contribution in [3.63, 3.8) is 0 Å². The van der Waals surface area contributed by atoms with E-state index in [9.17, 15) is 0 Å². The number of hydrogen-bond acceptors (Lipinski definition) is 2. The lowest BCUT2D eigenvalue weighted by Crippen LogP contribution is -2.05. The summed E-state index contributed by atoms with van der Waals surface area (Å²) in [5, 5.41) is 3.61. The van der Waals surface area contributed by atoms with Crippen molar-refractivity contribution in [3.8, 4) is 0 Å². The van der Waals surface area contributed by atoms with Crippen LogP contribution in [0.5, 0.6) is 0 Å². The summed E-state index contributed by atoms with van der Waals surface area (Å²) >= 11 is 0. The minimum Gasteiger partial charge on any atom is -0.342 e. The minimum absolute atomic E-state index is 0.564. The van der Waals surface area contributed by atoms with Crippen LogP contribution in [-0.4, -0.2) is 9.97 Å². The van der Waals surface area contributed by atoms with Crippen molar-refractivity contribution in [2.75, 3.05) is 0 Å². The number of fused-ring (bicyclic) bond motifs is 1. The summed E-state index contributed by atoms with van der Waals surface area (Å²) in [5.74, 6) is 1.65. The molecule has 92 valence electrons. The molecule has 1 aliphatic carbocycles. The van der Waals surface area contributed by atoms with Crippen LogP contribution in [0.2, 0.25) is 0 Å². The summed E-state index contributed by atoms with van der Waals surface area (Å²) in [7, 11) is 0. The van der Waals surface area contributed by atoms with Crippen molar-refractivity contribution in [1.82, 2.24) is 9.97 Å². The largest absolute Gasteiger partial charge is 0.342 e. The van der Waals surface area contributed by atoms with E-state index in [0.29, 0.717) is 11.6 Å². The van der Waals surface area contributed by atoms with Gasteiger partial charge in [0, 0.05) is 16.5 Å². The number of rotatable bonds is 2. The van der Waals surface area contributed by atoms with Gasteiger partial charge in [-0.25, -0.2) is 4.98 Å². The second-order valence-corrected chi connectivity index (χ2v) is 4.85. The van der Waals surface area contributed by atoms with Gasteiger partial charge < -0.3 is 4.98 Å². The van der Waals surface area contributed by atoms with Gasteiger partial charge in [0.2, 0.25) is 0 Å². The molecular formula is C13H15N5. The molecule has 1 N–H and O–H groups in total. The number of nitrogens with one attached hydrogen (secondary N) is 1. The van der Waals surface area contributed by atoms with Gasteiger partial charge in [0.15, 0.2) is 0 Å². The van der Waals surface area contributed by atoms with Gasteiger partial charge in [-0.2, -0.15) is 0 Å². The average molecular weight is 241 g/mol. The van der Waals surface area contributed by atoms with E-state index in [-0.39, 0.29) is 0 Å². The van der Waals surface area contributed by atoms with E-state index < -0.39 is 0 Å². The highest BCUT2D eigenvalue weighted by molar-refractivity contribution is 5.78. The first-order valence-corrected chi connectivity index (χ1v) is 6.41. The van der Waals surface area contributed by atoms with E-state index >= 15 is 0 Å². The first-order valence-electron chi connectivity index (χ1n) is 6.41. The van der Waals surface area contributed by atoms with Gasteiger partial charge in [-0.05, 0) is 30.5 Å². The molecule has 0 spiro atoms. The van der Waals surface area contributed by atoms with Gasteiger partial charge in [0.05, 0.1) is 11.0 Å². The lowest BCUT2D eigenvalue weighted by Gasteiger charge is -2.18. The number of imidazole rings is 1. The Bertz CT molecular complexity index is 603. The van der Waals surface area contributed by atoms with Crippen LogP contribution in [0, 0.1) is 0 Å². The maximum Gasteiger partial charge on any atom is 0.110 e. The zero-order valence-electron chi connectivity index (χ0n) is 10.1. The zero-order chi connectivity index (χ0) is 12.4. The van der Waals surface area contributed by atoms with Gasteiger partial charge >= 0.3 is 0 Å². The lowest BCUT2D eigenvalue weighted by atomic mass is 9.89. The Balaban J connectivity index is 1.96. The van der Waals surface area contributed by atoms with Crippen LogP contribution in [0.15, 0.2) is 23.3 Å². The number of H-pyrrole nitrogens is 1. The number of aromatic amines is 1. The average Bonchev–Trinajstić information content (AvgIpc) is 2.83. The molecule has 0 atom stereocenters. The standard InChI is InChI=1S/C13H15N5/c14-18-17-10-6-7-11-12(8-10)16-13(15-11)9-4-2-1-3-5-9/h6-9H,1-5H2,(H,15,16). The van der Waals surface area contributed by atoms with Gasteiger partial charge in [0.25, 0.3) is 0 Å². The fraction of sp³-hybridized carbons (Fsp3) is 0.462. The van der Waals surface area contributed by atoms with E-state index in [1.54, 1.807) is 6.07 Å². The van der Waals surface area contributed by atoms with Gasteiger partial charge in [-0.3, -0.25) is 0 Å². The van der Waals surface area contributed by atoms with Gasteiger partial charge in [-0.1, -0.05) is 30.4 Å². The molecule has 2 aromatic rings. The van der Waals surface area contributed by atoms with Crippen LogP contribution in [-0.2, 0) is 0 Å². The topological polar surface area (TPSA) is 77.4 Å². The SMILES string of the molecule is [N-]=[N+]=Nc1ccc2nc(C3CCCCC3)[nH]c2c1. The normalized spacial score (nSPS) is 16.7. The second kappa shape index (κ2) is 4.70. The Morgan fingerprint density at radius 1 is 1.28 bits per heavy atom. The van der Waals surface area contributed by atoms with Crippen molar-refractivity contribution >= 4 is 16.7 Å². The van der Waals surface area contributed by atoms with E-state index in [2.05, 4.69) is 20.0 Å². The first kappa shape index (κ1) is 11.1. The summed E-state index contributed by atoms with van der Waals surface area (Å²) in [6.45, 7) is 0. The Hall–Kier alpha value is -2.00. The fourth-order valence-electron chi connectivity index (χ4n) is 2.70. The molecule has 0 amide bonds. The number of hydrogen-bond donors (Lipinski definition) is 1. The van der Waals surface area contributed by atoms with E-state index in [4.69, 9.17) is 5.53 Å². The third kappa shape index (κ3) is 2.05. The van der Waals surface area contributed by atoms with Crippen LogP contribution in [0.4, 0.5) is 5.69 Å². The molecule has 1 saturated carbocycles. The molecule has 1 aromatic heterocycles. The predicted octanol–water partition coefficient (Wildman–Crippen LogP) is 4.55. The summed E-state index contributed by atoms with van der Waals surface area (Å²) in [5.41, 5.74) is 11.0. The molecule has 5 nitrogen and oxygen atoms in total. The molecule has 0 bridgehead atoms. The van der Waals surface area contributed by atoms with Crippen LogP contribution in [0.25, 0.3) is 21.5 Å². The molecule has 5 heteroatoms. The quantitative estimate of drug-likeness (QED) is 0.467. The molecule has 1 aliphatic rings. The molecule has 1 aromatic carbocycles. The predicted molar refractivity (Wildman–Crippen MR) is 70.7 cm³/mol. The monoisotopic (exact) mass is 241 g/mol. The van der Waals surface area contributed by atoms with E-state index in [1.807, 2.05) is 12.1 Å². The highest BCUT2D eigenvalue weighted by Crippen LogP contribution is 2.32. The van der Waals surface area contributed by atoms with Crippen LogP contribution < -0.4 is 0 Å². The van der Waals surface area contributed by atoms with Crippen molar-refractivity contribution in [2.24, 2.45) is 5.11 Å². The molecule has 0 saturated heterocycles. The molecule has 3 rings (SSSR count). The van der Waals surface area contributed by atoms with Crippen LogP contribution in [0.1, 0.15) is 43.8 Å². The number of azide groups is 1. The molecule has 0 unspecified atom stereocenters. The molecule has 0 radical (unpaired) electrons. The number of aromatic nitrogens is 2. The molecule has 0 aliphatic heterocycles. The molecule has 1 heterocycles. The number of nitrogens with zero attached hydrogens (tertiary/aromatic N) is 4. The fourth-order valence-corrected chi connectivity index (χ4v) is 2.70. The van der Waals surface area contributed by atoms with Gasteiger partial charge in [-0.15, -0.1) is 0 Å². The van der Waals surface area contributed by atoms with Crippen molar-refractivity contribution in [2.45, 2.75) is 38.0 Å². The van der Waals surface area contributed by atoms with Crippen molar-refractivity contribution < 1.29 is 0 Å². The van der Waals surface area contributed by atoms with Crippen LogP contribution in [0.3, 0.4) is 0 Å². The Kier molecular flexibility index (Phi) is 2.90. The first-order chi connectivity index (χ1) is 8.86. The number of benzene rings is 1. The third-order valence-electron chi connectivity index (χ3n) is 3.64. The van der Waals surface area contributed by atoms with E-state index in [0.717, 1.165) is 16.9 Å². The van der Waals surface area contributed by atoms with Gasteiger partial charge in [0.1, 0.15) is 5.82 Å². The Morgan fingerprint density at radius 2 is 2.11 bits per heavy atom. The summed E-state index contributed by atoms with van der Waals surface area (Å²) in [6.07, 6.45) is 6.39. The van der Waals surface area contributed by atoms with E-state index in [1.165, 1.54) is 32.1 Å². The minimum atomic E-state index is 0.564. The van der Waals surface area contributed by atoms with Crippen molar-refractivity contribution in [1.29, 1.82) is 0 Å². The maximum atomic E-state index is 8.43. The Morgan fingerprint density at radius 3 is 2.89 bits per heavy atom. The highest BCUT2D eigenvalue weighted by Gasteiger charge is 2.18. The Labute approximate surface area is 105 Å². The highest BCUT2D eigenvalue weighted by atomic mass is 15.1. The van der Waals surface area contributed by atoms with Crippen molar-refractivity contribution in [3.05, 3.63) is 34.5 Å². The van der Waals surface area contributed by atoms with Crippen LogP contribution >= 0.6 is 0 Å². The smallest absolute Gasteiger partial charge is 0.110 e.